The molecule has 3 nitrogen and oxygen atoms in total. The first-order valence-electron chi connectivity index (χ1n) is 10.0. The molecule has 0 radical (unpaired) electrons. The third-order valence-corrected chi connectivity index (χ3v) is 7.06. The van der Waals surface area contributed by atoms with Gasteiger partial charge in [-0.1, -0.05) is 49.7 Å². The van der Waals surface area contributed by atoms with Crippen LogP contribution in [0.2, 0.25) is 0 Å². The third-order valence-electron chi connectivity index (χ3n) is 7.06. The molecule has 0 saturated heterocycles. The van der Waals surface area contributed by atoms with Crippen molar-refractivity contribution in [3.05, 3.63) is 65.5 Å². The molecule has 27 heavy (non-hydrogen) atoms. The summed E-state index contributed by atoms with van der Waals surface area (Å²) in [5.41, 5.74) is 3.84. The van der Waals surface area contributed by atoms with Crippen LogP contribution in [0.1, 0.15) is 56.5 Å². The standard InChI is InChI=1S/C24H30N2O/c1-16-8-10-17(11-9-16)13-20(19-7-5-6-12-25-19)26-22-15-18-14-21(23(18,2)3)24(22,4)27/h5-12,18,20-21,27H,13-15H2,1-4H3/b26-22+/t18-,20+,21-,24-/m0/s1. The molecule has 3 aliphatic rings. The van der Waals surface area contributed by atoms with Crippen molar-refractivity contribution in [2.45, 2.75) is 58.6 Å². The minimum absolute atomic E-state index is 0.0593. The van der Waals surface area contributed by atoms with Crippen molar-refractivity contribution in [2.75, 3.05) is 0 Å². The Labute approximate surface area is 162 Å². The van der Waals surface area contributed by atoms with Crippen LogP contribution in [-0.4, -0.2) is 21.4 Å². The lowest BCUT2D eigenvalue weighted by Crippen LogP contribution is -2.64. The van der Waals surface area contributed by atoms with Crippen molar-refractivity contribution in [3.8, 4) is 0 Å². The van der Waals surface area contributed by atoms with Crippen molar-refractivity contribution in [2.24, 2.45) is 22.2 Å². The van der Waals surface area contributed by atoms with E-state index in [1.165, 1.54) is 11.1 Å². The predicted octanol–water partition coefficient (Wildman–Crippen LogP) is 4.93. The van der Waals surface area contributed by atoms with Gasteiger partial charge in [-0.05, 0) is 61.6 Å². The van der Waals surface area contributed by atoms with Crippen LogP contribution in [0.3, 0.4) is 0 Å². The van der Waals surface area contributed by atoms with E-state index in [2.05, 4.69) is 50.0 Å². The van der Waals surface area contributed by atoms with E-state index in [0.717, 1.165) is 30.7 Å². The Morgan fingerprint density at radius 2 is 1.89 bits per heavy atom. The molecular weight excluding hydrogens is 332 g/mol. The number of aliphatic imine (C=N–C) groups is 1. The Hall–Kier alpha value is -2.00. The quantitative estimate of drug-likeness (QED) is 0.838. The van der Waals surface area contributed by atoms with E-state index in [4.69, 9.17) is 4.99 Å². The number of aromatic nitrogens is 1. The molecule has 4 atom stereocenters. The highest BCUT2D eigenvalue weighted by Gasteiger charge is 2.61. The molecule has 3 heteroatoms. The van der Waals surface area contributed by atoms with Crippen molar-refractivity contribution in [3.63, 3.8) is 0 Å². The van der Waals surface area contributed by atoms with Crippen LogP contribution in [0.4, 0.5) is 0 Å². The second kappa shape index (κ2) is 6.56. The Morgan fingerprint density at radius 3 is 2.48 bits per heavy atom. The minimum Gasteiger partial charge on any atom is -0.384 e. The molecule has 1 aromatic heterocycles. The molecule has 3 saturated carbocycles. The molecule has 0 aliphatic heterocycles. The van der Waals surface area contributed by atoms with Gasteiger partial charge in [-0.25, -0.2) is 0 Å². The number of nitrogens with zero attached hydrogens (tertiary/aromatic N) is 2. The fourth-order valence-corrected chi connectivity index (χ4v) is 5.07. The molecule has 2 aromatic rings. The molecule has 1 N–H and O–H groups in total. The molecular formula is C24H30N2O. The van der Waals surface area contributed by atoms with E-state index in [9.17, 15) is 5.11 Å². The molecule has 3 aliphatic carbocycles. The molecule has 3 fully saturated rings. The number of pyridine rings is 1. The van der Waals surface area contributed by atoms with Crippen LogP contribution in [0.5, 0.6) is 0 Å². The van der Waals surface area contributed by atoms with E-state index in [1.807, 2.05) is 31.3 Å². The number of fused-ring (bicyclic) bond motifs is 2. The summed E-state index contributed by atoms with van der Waals surface area (Å²) < 4.78 is 0. The van der Waals surface area contributed by atoms with Crippen LogP contribution in [0.25, 0.3) is 0 Å². The Morgan fingerprint density at radius 1 is 1.15 bits per heavy atom. The summed E-state index contributed by atoms with van der Waals surface area (Å²) in [5.74, 6) is 0.927. The average Bonchev–Trinajstić information content (AvgIpc) is 2.64. The number of hydrogen-bond acceptors (Lipinski definition) is 3. The smallest absolute Gasteiger partial charge is 0.103 e. The van der Waals surface area contributed by atoms with Gasteiger partial charge in [0.2, 0.25) is 0 Å². The summed E-state index contributed by atoms with van der Waals surface area (Å²) in [5, 5.41) is 11.3. The average molecular weight is 363 g/mol. The number of rotatable bonds is 4. The molecule has 142 valence electrons. The summed E-state index contributed by atoms with van der Waals surface area (Å²) in [6.45, 7) is 8.65. The third kappa shape index (κ3) is 3.23. The van der Waals surface area contributed by atoms with Gasteiger partial charge >= 0.3 is 0 Å². The first kappa shape index (κ1) is 18.4. The Kier molecular flexibility index (Phi) is 4.46. The topological polar surface area (TPSA) is 45.5 Å². The second-order valence-electron chi connectivity index (χ2n) is 9.19. The molecule has 1 heterocycles. The zero-order valence-corrected chi connectivity index (χ0v) is 16.8. The second-order valence-corrected chi connectivity index (χ2v) is 9.19. The summed E-state index contributed by atoms with van der Waals surface area (Å²) >= 11 is 0. The number of hydrogen-bond donors (Lipinski definition) is 1. The lowest BCUT2D eigenvalue weighted by atomic mass is 9.44. The first-order valence-corrected chi connectivity index (χ1v) is 10.0. The number of aliphatic hydroxyl groups is 1. The zero-order valence-electron chi connectivity index (χ0n) is 16.8. The molecule has 1 aromatic carbocycles. The summed E-state index contributed by atoms with van der Waals surface area (Å²) in [4.78, 5) is 9.70. The van der Waals surface area contributed by atoms with Gasteiger partial charge in [0.15, 0.2) is 0 Å². The van der Waals surface area contributed by atoms with Gasteiger partial charge in [-0.2, -0.15) is 0 Å². The maximum Gasteiger partial charge on any atom is 0.103 e. The highest BCUT2D eigenvalue weighted by molar-refractivity contribution is 5.94. The summed E-state index contributed by atoms with van der Waals surface area (Å²) in [6.07, 6.45) is 4.64. The van der Waals surface area contributed by atoms with E-state index >= 15 is 0 Å². The van der Waals surface area contributed by atoms with Crippen molar-refractivity contribution in [1.29, 1.82) is 0 Å². The van der Waals surface area contributed by atoms with Crippen LogP contribution < -0.4 is 0 Å². The minimum atomic E-state index is -0.821. The maximum atomic E-state index is 11.3. The summed E-state index contributed by atoms with van der Waals surface area (Å²) in [7, 11) is 0. The van der Waals surface area contributed by atoms with E-state index in [-0.39, 0.29) is 11.5 Å². The van der Waals surface area contributed by atoms with Crippen LogP contribution in [0, 0.1) is 24.2 Å². The van der Waals surface area contributed by atoms with E-state index in [0.29, 0.717) is 11.8 Å². The van der Waals surface area contributed by atoms with Gasteiger partial charge in [-0.15, -0.1) is 0 Å². The first-order chi connectivity index (χ1) is 12.8. The maximum absolute atomic E-state index is 11.3. The van der Waals surface area contributed by atoms with Gasteiger partial charge < -0.3 is 5.11 Å². The monoisotopic (exact) mass is 362 g/mol. The molecule has 0 unspecified atom stereocenters. The van der Waals surface area contributed by atoms with Crippen molar-refractivity contribution < 1.29 is 5.11 Å². The van der Waals surface area contributed by atoms with Gasteiger partial charge in [0.25, 0.3) is 0 Å². The van der Waals surface area contributed by atoms with E-state index in [1.54, 1.807) is 0 Å². The normalized spacial score (nSPS) is 31.4. The highest BCUT2D eigenvalue weighted by Crippen LogP contribution is 2.61. The van der Waals surface area contributed by atoms with E-state index < -0.39 is 5.60 Å². The highest BCUT2D eigenvalue weighted by atomic mass is 16.3. The predicted molar refractivity (Wildman–Crippen MR) is 110 cm³/mol. The Bertz CT molecular complexity index is 836. The lowest BCUT2D eigenvalue weighted by Gasteiger charge is -2.62. The largest absolute Gasteiger partial charge is 0.384 e. The fourth-order valence-electron chi connectivity index (χ4n) is 5.07. The van der Waals surface area contributed by atoms with Crippen LogP contribution in [0.15, 0.2) is 53.7 Å². The summed E-state index contributed by atoms with van der Waals surface area (Å²) in [6, 6.07) is 14.6. The molecule has 0 amide bonds. The van der Waals surface area contributed by atoms with Gasteiger partial charge in [0.1, 0.15) is 5.60 Å². The van der Waals surface area contributed by atoms with Gasteiger partial charge in [0, 0.05) is 18.3 Å². The molecule has 5 rings (SSSR count). The van der Waals surface area contributed by atoms with Crippen LogP contribution in [-0.2, 0) is 6.42 Å². The SMILES string of the molecule is Cc1ccc(C[C@@H](/N=C2\C[C@@H]3C[C@@H](C3(C)C)[C@]2(C)O)c2ccccn2)cc1. The fraction of sp³-hybridized carbons (Fsp3) is 0.500. The number of benzene rings is 1. The molecule has 0 spiro atoms. The van der Waals surface area contributed by atoms with Gasteiger partial charge in [0.05, 0.1) is 11.7 Å². The van der Waals surface area contributed by atoms with Crippen LogP contribution >= 0.6 is 0 Å². The zero-order chi connectivity index (χ0) is 19.2. The van der Waals surface area contributed by atoms with Crippen molar-refractivity contribution >= 4 is 5.71 Å². The lowest BCUT2D eigenvalue weighted by molar-refractivity contribution is -0.134. The molecule has 2 bridgehead atoms. The Balaban J connectivity index is 1.67. The number of aryl methyl sites for hydroxylation is 1. The van der Waals surface area contributed by atoms with Crippen molar-refractivity contribution in [1.82, 2.24) is 4.98 Å². The van der Waals surface area contributed by atoms with Gasteiger partial charge in [-0.3, -0.25) is 9.98 Å².